The maximum absolute atomic E-state index is 4.04. The molecule has 0 atom stereocenters. The molecule has 74 valence electrons. The minimum atomic E-state index is 0.383. The Kier molecular flexibility index (Phi) is 2.97. The van der Waals surface area contributed by atoms with Crippen molar-refractivity contribution in [3.63, 3.8) is 0 Å². The topological polar surface area (TPSA) is 3.24 Å². The van der Waals surface area contributed by atoms with Gasteiger partial charge in [0.15, 0.2) is 0 Å². The van der Waals surface area contributed by atoms with E-state index in [2.05, 4.69) is 25.0 Å². The zero-order valence-electron chi connectivity index (χ0n) is 9.19. The molecule has 0 spiro atoms. The van der Waals surface area contributed by atoms with E-state index in [1.165, 1.54) is 24.0 Å². The van der Waals surface area contributed by atoms with Crippen LogP contribution in [-0.4, -0.2) is 23.5 Å². The highest BCUT2D eigenvalue weighted by molar-refractivity contribution is 5.24. The molecule has 0 radical (unpaired) electrons. The van der Waals surface area contributed by atoms with Crippen LogP contribution in [0.15, 0.2) is 24.3 Å². The van der Waals surface area contributed by atoms with Crippen molar-refractivity contribution in [2.45, 2.75) is 39.2 Å². The van der Waals surface area contributed by atoms with Crippen molar-refractivity contribution < 1.29 is 0 Å². The van der Waals surface area contributed by atoms with Gasteiger partial charge in [-0.3, -0.25) is 4.90 Å². The summed E-state index contributed by atoms with van der Waals surface area (Å²) in [5.41, 5.74) is 3.16. The number of hydrogen-bond donors (Lipinski definition) is 0. The third-order valence-corrected chi connectivity index (χ3v) is 2.85. The number of rotatable bonds is 0. The van der Waals surface area contributed by atoms with Gasteiger partial charge in [0.1, 0.15) is 0 Å². The standard InChI is InChI=1S/C10H15N.C2H6/c1-8-4-10(3)5-9(2)7-11(10)6-8;1-2/h1-2,4-7H2,3H3;1-2H3. The lowest BCUT2D eigenvalue weighted by molar-refractivity contribution is 0.218. The van der Waals surface area contributed by atoms with Gasteiger partial charge in [-0.25, -0.2) is 0 Å². The van der Waals surface area contributed by atoms with E-state index in [9.17, 15) is 0 Å². The fraction of sp³-hybridized carbons (Fsp3) is 0.667. The zero-order chi connectivity index (χ0) is 10.1. The van der Waals surface area contributed by atoms with Gasteiger partial charge in [-0.1, -0.05) is 38.2 Å². The van der Waals surface area contributed by atoms with E-state index in [4.69, 9.17) is 0 Å². The van der Waals surface area contributed by atoms with Crippen molar-refractivity contribution in [2.75, 3.05) is 13.1 Å². The number of fused-ring (bicyclic) bond motifs is 1. The predicted octanol–water partition coefficient (Wildman–Crippen LogP) is 2.99. The molecule has 1 heteroatoms. The van der Waals surface area contributed by atoms with Crippen LogP contribution in [-0.2, 0) is 0 Å². The Morgan fingerprint density at radius 3 is 1.77 bits per heavy atom. The number of nitrogens with zero attached hydrogens (tertiary/aromatic N) is 1. The van der Waals surface area contributed by atoms with Crippen molar-refractivity contribution in [3.8, 4) is 0 Å². The molecule has 2 aliphatic heterocycles. The van der Waals surface area contributed by atoms with Crippen LogP contribution in [0.1, 0.15) is 33.6 Å². The predicted molar refractivity (Wildman–Crippen MR) is 58.8 cm³/mol. The molecule has 2 heterocycles. The molecule has 0 amide bonds. The second-order valence-corrected chi connectivity index (χ2v) is 4.21. The molecule has 0 aromatic rings. The van der Waals surface area contributed by atoms with Crippen LogP contribution >= 0.6 is 0 Å². The monoisotopic (exact) mass is 179 g/mol. The molecule has 13 heavy (non-hydrogen) atoms. The summed E-state index contributed by atoms with van der Waals surface area (Å²) in [5.74, 6) is 0. The second kappa shape index (κ2) is 3.67. The Morgan fingerprint density at radius 1 is 1.08 bits per heavy atom. The van der Waals surface area contributed by atoms with Gasteiger partial charge in [-0.15, -0.1) is 0 Å². The summed E-state index contributed by atoms with van der Waals surface area (Å²) in [6.07, 6.45) is 2.35. The highest BCUT2D eigenvalue weighted by atomic mass is 15.2. The Morgan fingerprint density at radius 2 is 1.46 bits per heavy atom. The van der Waals surface area contributed by atoms with Gasteiger partial charge in [-0.2, -0.15) is 0 Å². The first-order valence-corrected chi connectivity index (χ1v) is 5.18. The molecule has 0 unspecified atom stereocenters. The fourth-order valence-electron chi connectivity index (χ4n) is 2.45. The first-order chi connectivity index (χ1) is 6.10. The lowest BCUT2D eigenvalue weighted by Crippen LogP contribution is -2.34. The molecule has 2 aliphatic rings. The minimum absolute atomic E-state index is 0.383. The fourth-order valence-corrected chi connectivity index (χ4v) is 2.45. The lowest BCUT2D eigenvalue weighted by Gasteiger charge is -2.25. The lowest BCUT2D eigenvalue weighted by atomic mass is 9.94. The van der Waals surface area contributed by atoms with E-state index in [1.54, 1.807) is 0 Å². The highest BCUT2D eigenvalue weighted by Crippen LogP contribution is 2.41. The number of hydrogen-bond acceptors (Lipinski definition) is 1. The van der Waals surface area contributed by atoms with E-state index in [1.807, 2.05) is 13.8 Å². The zero-order valence-corrected chi connectivity index (χ0v) is 9.19. The van der Waals surface area contributed by atoms with Gasteiger partial charge < -0.3 is 0 Å². The van der Waals surface area contributed by atoms with Gasteiger partial charge in [-0.05, 0) is 19.8 Å². The second-order valence-electron chi connectivity index (χ2n) is 4.21. The summed E-state index contributed by atoms with van der Waals surface area (Å²) in [5, 5.41) is 0. The molecule has 0 aliphatic carbocycles. The van der Waals surface area contributed by atoms with Crippen molar-refractivity contribution in [2.24, 2.45) is 0 Å². The van der Waals surface area contributed by atoms with Gasteiger partial charge in [0.25, 0.3) is 0 Å². The van der Waals surface area contributed by atoms with E-state index in [0.717, 1.165) is 13.1 Å². The van der Waals surface area contributed by atoms with Crippen LogP contribution in [0, 0.1) is 0 Å². The van der Waals surface area contributed by atoms with Crippen LogP contribution in [0.25, 0.3) is 0 Å². The molecular formula is C12H21N. The van der Waals surface area contributed by atoms with Crippen molar-refractivity contribution in [3.05, 3.63) is 24.3 Å². The molecule has 0 aromatic heterocycles. The van der Waals surface area contributed by atoms with E-state index in [-0.39, 0.29) is 0 Å². The van der Waals surface area contributed by atoms with Crippen molar-refractivity contribution in [1.82, 2.24) is 4.90 Å². The Balaban J connectivity index is 0.000000396. The molecule has 2 saturated heterocycles. The van der Waals surface area contributed by atoms with E-state index >= 15 is 0 Å². The van der Waals surface area contributed by atoms with E-state index < -0.39 is 0 Å². The van der Waals surface area contributed by atoms with Crippen molar-refractivity contribution >= 4 is 0 Å². The first-order valence-electron chi connectivity index (χ1n) is 5.18. The molecule has 0 saturated carbocycles. The summed E-state index contributed by atoms with van der Waals surface area (Å²) in [6, 6.07) is 0. The third kappa shape index (κ3) is 1.86. The molecule has 1 nitrogen and oxygen atoms in total. The van der Waals surface area contributed by atoms with Crippen LogP contribution in [0.5, 0.6) is 0 Å². The molecule has 0 bridgehead atoms. The summed E-state index contributed by atoms with van der Waals surface area (Å²) in [6.45, 7) is 16.6. The molecule has 0 aromatic carbocycles. The quantitative estimate of drug-likeness (QED) is 0.517. The van der Waals surface area contributed by atoms with Crippen molar-refractivity contribution in [1.29, 1.82) is 0 Å². The molecular weight excluding hydrogens is 158 g/mol. The highest BCUT2D eigenvalue weighted by Gasteiger charge is 2.43. The average Bonchev–Trinajstić information content (AvgIpc) is 2.42. The first kappa shape index (κ1) is 10.5. The normalized spacial score (nSPS) is 25.5. The van der Waals surface area contributed by atoms with Gasteiger partial charge in [0.2, 0.25) is 0 Å². The van der Waals surface area contributed by atoms with Crippen LogP contribution in [0.3, 0.4) is 0 Å². The smallest absolute Gasteiger partial charge is 0.0263 e. The molecule has 2 fully saturated rings. The average molecular weight is 179 g/mol. The third-order valence-electron chi connectivity index (χ3n) is 2.85. The molecule has 0 N–H and O–H groups in total. The van der Waals surface area contributed by atoms with Gasteiger partial charge >= 0.3 is 0 Å². The molecule has 2 rings (SSSR count). The summed E-state index contributed by atoms with van der Waals surface area (Å²) in [7, 11) is 0. The van der Waals surface area contributed by atoms with Crippen LogP contribution in [0.2, 0.25) is 0 Å². The Labute approximate surface area is 82.1 Å². The largest absolute Gasteiger partial charge is 0.289 e. The maximum Gasteiger partial charge on any atom is 0.0263 e. The minimum Gasteiger partial charge on any atom is -0.289 e. The summed E-state index contributed by atoms with van der Waals surface area (Å²) >= 11 is 0. The Bertz CT molecular complexity index is 207. The van der Waals surface area contributed by atoms with Gasteiger partial charge in [0, 0.05) is 18.6 Å². The Hall–Kier alpha value is -0.560. The van der Waals surface area contributed by atoms with Gasteiger partial charge in [0.05, 0.1) is 0 Å². The van der Waals surface area contributed by atoms with Crippen LogP contribution in [0.4, 0.5) is 0 Å². The summed E-state index contributed by atoms with van der Waals surface area (Å²) < 4.78 is 0. The van der Waals surface area contributed by atoms with Crippen LogP contribution < -0.4 is 0 Å². The van der Waals surface area contributed by atoms with E-state index in [0.29, 0.717) is 5.54 Å². The SMILES string of the molecule is C=C1CN2CC(=C)CC2(C)C1.CC. The maximum atomic E-state index is 4.04. The summed E-state index contributed by atoms with van der Waals surface area (Å²) in [4.78, 5) is 2.50.